The molecule has 0 bridgehead atoms. The van der Waals surface area contributed by atoms with Gasteiger partial charge >= 0.3 is 5.69 Å². The van der Waals surface area contributed by atoms with Crippen LogP contribution in [0, 0.1) is 10.1 Å². The van der Waals surface area contributed by atoms with Crippen molar-refractivity contribution < 1.29 is 9.72 Å². The number of aryl methyl sites for hydroxylation is 3. The summed E-state index contributed by atoms with van der Waals surface area (Å²) in [4.78, 5) is 54.1. The second-order valence-corrected chi connectivity index (χ2v) is 8.65. The number of rotatable bonds is 9. The third kappa shape index (κ3) is 5.58. The fraction of sp³-hybridized carbons (Fsp3) is 0.174. The van der Waals surface area contributed by atoms with E-state index in [1.54, 1.807) is 10.6 Å². The van der Waals surface area contributed by atoms with E-state index in [2.05, 4.69) is 20.5 Å². The van der Waals surface area contributed by atoms with Crippen LogP contribution in [0.1, 0.15) is 11.1 Å². The molecule has 0 aliphatic rings. The first-order valence-corrected chi connectivity index (χ1v) is 11.7. The maximum Gasteiger partial charge on any atom is 0.329 e. The number of nitrogens with one attached hydrogen (secondary N) is 2. The van der Waals surface area contributed by atoms with Crippen molar-refractivity contribution in [2.24, 2.45) is 12.1 Å². The summed E-state index contributed by atoms with van der Waals surface area (Å²) in [6, 6.07) is 15.5. The number of carbonyl (C=O) groups is 1. The fourth-order valence-electron chi connectivity index (χ4n) is 3.48. The number of benzene rings is 2. The first-order valence-electron chi connectivity index (χ1n) is 10.8. The van der Waals surface area contributed by atoms with E-state index in [1.807, 2.05) is 30.3 Å². The van der Waals surface area contributed by atoms with Gasteiger partial charge in [-0.15, -0.1) is 0 Å². The normalized spacial score (nSPS) is 11.2. The van der Waals surface area contributed by atoms with Crippen molar-refractivity contribution >= 4 is 40.7 Å². The van der Waals surface area contributed by atoms with Gasteiger partial charge in [0.15, 0.2) is 16.3 Å². The Morgan fingerprint density at radius 1 is 1.22 bits per heavy atom. The zero-order valence-corrected chi connectivity index (χ0v) is 19.9. The second kappa shape index (κ2) is 10.8. The maximum absolute atomic E-state index is 12.6. The van der Waals surface area contributed by atoms with Gasteiger partial charge in [-0.3, -0.25) is 29.3 Å². The summed E-state index contributed by atoms with van der Waals surface area (Å²) in [5, 5.41) is 15.1. The van der Waals surface area contributed by atoms with Gasteiger partial charge < -0.3 is 4.57 Å². The number of aromatic amines is 1. The summed E-state index contributed by atoms with van der Waals surface area (Å²) in [5.41, 5.74) is 3.15. The highest BCUT2D eigenvalue weighted by molar-refractivity contribution is 7.99. The summed E-state index contributed by atoms with van der Waals surface area (Å²) >= 11 is 1.10. The van der Waals surface area contributed by atoms with Crippen molar-refractivity contribution in [2.75, 3.05) is 5.75 Å². The largest absolute Gasteiger partial charge is 0.329 e. The average molecular weight is 508 g/mol. The molecule has 0 radical (unpaired) electrons. The molecule has 0 saturated heterocycles. The molecule has 0 spiro atoms. The molecule has 0 saturated carbocycles. The second-order valence-electron chi connectivity index (χ2n) is 7.71. The SMILES string of the molecule is Cn1c(=O)[nH]c(=O)c2c1nc(SCC(=O)N/N=C/c1cccc([N+](=O)[O-])c1)n2CCc1ccccc1. The number of H-pyrrole nitrogens is 1. The Morgan fingerprint density at radius 3 is 2.75 bits per heavy atom. The molecule has 0 aliphatic heterocycles. The molecule has 1 amide bonds. The Balaban J connectivity index is 1.50. The predicted molar refractivity (Wildman–Crippen MR) is 135 cm³/mol. The first-order chi connectivity index (χ1) is 17.3. The number of fused-ring (bicyclic) bond motifs is 1. The minimum Gasteiger partial charge on any atom is -0.313 e. The average Bonchev–Trinajstić information content (AvgIpc) is 3.25. The summed E-state index contributed by atoms with van der Waals surface area (Å²) in [6.07, 6.45) is 1.92. The van der Waals surface area contributed by atoms with E-state index in [0.29, 0.717) is 23.7 Å². The van der Waals surface area contributed by atoms with E-state index >= 15 is 0 Å². The molecule has 2 N–H and O–H groups in total. The minimum atomic E-state index is -0.579. The van der Waals surface area contributed by atoms with Crippen molar-refractivity contribution in [3.05, 3.63) is 96.7 Å². The Hall–Kier alpha value is -4.52. The summed E-state index contributed by atoms with van der Waals surface area (Å²) in [7, 11) is 1.51. The van der Waals surface area contributed by atoms with Crippen LogP contribution < -0.4 is 16.7 Å². The zero-order valence-electron chi connectivity index (χ0n) is 19.1. The van der Waals surface area contributed by atoms with E-state index in [4.69, 9.17) is 0 Å². The van der Waals surface area contributed by atoms with Crippen LogP contribution >= 0.6 is 11.8 Å². The molecule has 0 atom stereocenters. The lowest BCUT2D eigenvalue weighted by atomic mass is 10.1. The fourth-order valence-corrected chi connectivity index (χ4v) is 4.29. The topological polar surface area (TPSA) is 157 Å². The highest BCUT2D eigenvalue weighted by Crippen LogP contribution is 2.22. The molecule has 184 valence electrons. The number of nitro benzene ring substituents is 1. The molecule has 2 aromatic heterocycles. The van der Waals surface area contributed by atoms with Crippen LogP contribution in [0.5, 0.6) is 0 Å². The zero-order chi connectivity index (χ0) is 25.7. The van der Waals surface area contributed by atoms with Gasteiger partial charge in [-0.2, -0.15) is 5.10 Å². The van der Waals surface area contributed by atoms with Gasteiger partial charge in [-0.1, -0.05) is 54.2 Å². The quantitative estimate of drug-likeness (QED) is 0.151. The van der Waals surface area contributed by atoms with E-state index in [0.717, 1.165) is 17.3 Å². The van der Waals surface area contributed by atoms with E-state index in [1.165, 1.54) is 36.0 Å². The predicted octanol–water partition coefficient (Wildman–Crippen LogP) is 1.82. The van der Waals surface area contributed by atoms with Gasteiger partial charge in [0.05, 0.1) is 16.9 Å². The number of aromatic nitrogens is 4. The molecule has 2 aromatic carbocycles. The van der Waals surface area contributed by atoms with Crippen molar-refractivity contribution in [3.63, 3.8) is 0 Å². The van der Waals surface area contributed by atoms with Crippen LogP contribution in [0.3, 0.4) is 0 Å². The summed E-state index contributed by atoms with van der Waals surface area (Å²) < 4.78 is 2.95. The molecule has 36 heavy (non-hydrogen) atoms. The molecule has 0 aliphatic carbocycles. The molecule has 13 heteroatoms. The number of imidazole rings is 1. The lowest BCUT2D eigenvalue weighted by molar-refractivity contribution is -0.384. The van der Waals surface area contributed by atoms with Crippen molar-refractivity contribution in [1.82, 2.24) is 24.5 Å². The number of amides is 1. The lowest BCUT2D eigenvalue weighted by Gasteiger charge is -2.08. The third-order valence-corrected chi connectivity index (χ3v) is 6.23. The number of hydrogen-bond acceptors (Lipinski definition) is 8. The first kappa shape index (κ1) is 24.6. The number of thioether (sulfide) groups is 1. The maximum atomic E-state index is 12.6. The minimum absolute atomic E-state index is 0.0627. The number of non-ortho nitro benzene ring substituents is 1. The van der Waals surface area contributed by atoms with Crippen LogP contribution in [-0.4, -0.2) is 41.9 Å². The number of carbonyl (C=O) groups excluding carboxylic acids is 1. The highest BCUT2D eigenvalue weighted by Gasteiger charge is 2.18. The Labute approximate surface area is 207 Å². The molecule has 12 nitrogen and oxygen atoms in total. The Bertz CT molecular complexity index is 1570. The number of hydrazone groups is 1. The molecule has 4 aromatic rings. The van der Waals surface area contributed by atoms with Gasteiger partial charge in [0.25, 0.3) is 17.2 Å². The van der Waals surface area contributed by atoms with Crippen molar-refractivity contribution in [2.45, 2.75) is 18.1 Å². The molecule has 0 unspecified atom stereocenters. The van der Waals surface area contributed by atoms with Crippen molar-refractivity contribution in [3.8, 4) is 0 Å². The number of nitrogens with zero attached hydrogens (tertiary/aromatic N) is 5. The van der Waals surface area contributed by atoms with E-state index in [-0.39, 0.29) is 22.6 Å². The standard InChI is InChI=1S/C23H21N7O5S/c1-28-20-19(21(32)26-22(28)33)29(11-10-15-6-3-2-4-7-15)23(25-20)36-14-18(31)27-24-13-16-8-5-9-17(12-16)30(34)35/h2-9,12-13H,10-11,14H2,1H3,(H,27,31)(H,26,32,33)/b24-13+. The van der Waals surface area contributed by atoms with Gasteiger partial charge in [0, 0.05) is 31.3 Å². The van der Waals surface area contributed by atoms with E-state index in [9.17, 15) is 24.5 Å². The third-order valence-electron chi connectivity index (χ3n) is 5.26. The van der Waals surface area contributed by atoms with Crippen LogP contribution in [0.25, 0.3) is 11.2 Å². The van der Waals surface area contributed by atoms with Crippen LogP contribution in [0.4, 0.5) is 5.69 Å². The number of nitro groups is 1. The van der Waals surface area contributed by atoms with Crippen LogP contribution in [0.2, 0.25) is 0 Å². The number of hydrogen-bond donors (Lipinski definition) is 2. The van der Waals surface area contributed by atoms with Crippen LogP contribution in [0.15, 0.2) is 74.4 Å². The van der Waals surface area contributed by atoms with E-state index < -0.39 is 22.1 Å². The Morgan fingerprint density at radius 2 is 2.00 bits per heavy atom. The van der Waals surface area contributed by atoms with Gasteiger partial charge in [0.2, 0.25) is 0 Å². The van der Waals surface area contributed by atoms with Crippen molar-refractivity contribution in [1.29, 1.82) is 0 Å². The van der Waals surface area contributed by atoms with Crippen LogP contribution in [-0.2, 0) is 24.8 Å². The highest BCUT2D eigenvalue weighted by atomic mass is 32.2. The molecular weight excluding hydrogens is 486 g/mol. The Kier molecular flexibility index (Phi) is 7.39. The van der Waals surface area contributed by atoms with Gasteiger partial charge in [-0.25, -0.2) is 15.2 Å². The smallest absolute Gasteiger partial charge is 0.313 e. The van der Waals surface area contributed by atoms with Gasteiger partial charge in [0.1, 0.15) is 0 Å². The van der Waals surface area contributed by atoms with Gasteiger partial charge in [-0.05, 0) is 12.0 Å². The lowest BCUT2D eigenvalue weighted by Crippen LogP contribution is -2.29. The molecule has 2 heterocycles. The summed E-state index contributed by atoms with van der Waals surface area (Å²) in [6.45, 7) is 0.413. The molecule has 4 rings (SSSR count). The molecular formula is C23H21N7O5S. The monoisotopic (exact) mass is 507 g/mol. The molecule has 0 fully saturated rings. The summed E-state index contributed by atoms with van der Waals surface area (Å²) in [5.74, 6) is -0.501.